The molecule has 19 heavy (non-hydrogen) atoms. The molecule has 4 heteroatoms. The average molecular weight is 298 g/mol. The first-order chi connectivity index (χ1) is 8.85. The maximum Gasteiger partial charge on any atom is 0.163 e. The quantitative estimate of drug-likeness (QED) is 0.476. The summed E-state index contributed by atoms with van der Waals surface area (Å²) in [5, 5.41) is 1.82. The van der Waals surface area contributed by atoms with Crippen LogP contribution in [0.4, 0.5) is 8.78 Å². The zero-order valence-electron chi connectivity index (χ0n) is 11.4. The summed E-state index contributed by atoms with van der Waals surface area (Å²) in [6, 6.07) is 3.72. The van der Waals surface area contributed by atoms with E-state index in [-0.39, 0.29) is 10.9 Å². The number of benzene rings is 1. The van der Waals surface area contributed by atoms with Crippen molar-refractivity contribution < 1.29 is 8.78 Å². The first-order valence-electron chi connectivity index (χ1n) is 5.98. The minimum atomic E-state index is -1.59. The van der Waals surface area contributed by atoms with Gasteiger partial charge in [0.15, 0.2) is 5.12 Å². The molecule has 0 saturated carbocycles. The fourth-order valence-electron chi connectivity index (χ4n) is 2.71. The second-order valence-electron chi connectivity index (χ2n) is 5.28. The third-order valence-electron chi connectivity index (χ3n) is 3.75. The number of hydrogen-bond donors (Lipinski definition) is 0. The first kappa shape index (κ1) is 13.1. The molecule has 0 N–H and O–H groups in total. The van der Waals surface area contributed by atoms with Crippen molar-refractivity contribution in [1.82, 2.24) is 0 Å². The lowest BCUT2D eigenvalue weighted by atomic mass is 10.0. The van der Waals surface area contributed by atoms with Crippen LogP contribution in [0.5, 0.6) is 0 Å². The molecule has 0 aliphatic carbocycles. The van der Waals surface area contributed by atoms with E-state index in [1.54, 1.807) is 13.0 Å². The van der Waals surface area contributed by atoms with E-state index in [2.05, 4.69) is 0 Å². The zero-order chi connectivity index (χ0) is 13.9. The summed E-state index contributed by atoms with van der Waals surface area (Å²) in [6.07, 6.45) is 7.83. The van der Waals surface area contributed by atoms with Crippen LogP contribution in [0.3, 0.4) is 0 Å². The number of allylic oxidation sites excluding steroid dienone is 3. The van der Waals surface area contributed by atoms with Crippen molar-refractivity contribution in [2.24, 2.45) is 0 Å². The summed E-state index contributed by atoms with van der Waals surface area (Å²) in [5.74, 6) is -0.163. The van der Waals surface area contributed by atoms with Crippen LogP contribution in [-0.2, 0) is 0 Å². The second-order valence-corrected chi connectivity index (χ2v) is 10.5. The van der Waals surface area contributed by atoms with Gasteiger partial charge in [-0.3, -0.25) is 0 Å². The molecule has 2 heterocycles. The Labute approximate surface area is 116 Å². The number of aryl methyl sites for hydroxylation is 1. The summed E-state index contributed by atoms with van der Waals surface area (Å²) in [7, 11) is -2.08. The summed E-state index contributed by atoms with van der Waals surface area (Å²) in [5.41, 5.74) is 2.40. The maximum absolute atomic E-state index is 14.5. The van der Waals surface area contributed by atoms with E-state index in [1.807, 2.05) is 36.3 Å². The Hall–Kier alpha value is -0.870. The van der Waals surface area contributed by atoms with Gasteiger partial charge >= 0.3 is 0 Å². The molecule has 0 fully saturated rings. The van der Waals surface area contributed by atoms with Crippen LogP contribution in [0.1, 0.15) is 11.1 Å². The fraction of sp³-hybridized carbons (Fsp3) is 0.267. The van der Waals surface area contributed by atoms with Crippen molar-refractivity contribution in [3.05, 3.63) is 45.5 Å². The molecule has 2 aliphatic heterocycles. The molecule has 0 amide bonds. The van der Waals surface area contributed by atoms with Crippen LogP contribution in [0, 0.1) is 12.7 Å². The maximum atomic E-state index is 14.5. The number of rotatable bonds is 0. The molecular weight excluding hydrogens is 282 g/mol. The lowest BCUT2D eigenvalue weighted by Crippen LogP contribution is -2.06. The van der Waals surface area contributed by atoms with Crippen molar-refractivity contribution in [3.63, 3.8) is 0 Å². The Kier molecular flexibility index (Phi) is 2.81. The fourth-order valence-corrected chi connectivity index (χ4v) is 7.26. The van der Waals surface area contributed by atoms with Crippen LogP contribution < -0.4 is 0 Å². The Morgan fingerprint density at radius 2 is 1.84 bits per heavy atom. The highest BCUT2D eigenvalue weighted by molar-refractivity contribution is 8.38. The van der Waals surface area contributed by atoms with Gasteiger partial charge in [0.2, 0.25) is 0 Å². The molecule has 0 bridgehead atoms. The molecule has 1 aromatic rings. The van der Waals surface area contributed by atoms with Gasteiger partial charge in [0.25, 0.3) is 0 Å². The predicted octanol–water partition coefficient (Wildman–Crippen LogP) is 4.81. The van der Waals surface area contributed by atoms with E-state index >= 15 is 0 Å². The highest BCUT2D eigenvalue weighted by Gasteiger charge is 2.39. The molecule has 1 unspecified atom stereocenters. The largest absolute Gasteiger partial charge is 0.205 e. The molecule has 0 radical (unpaired) electrons. The monoisotopic (exact) mass is 298 g/mol. The summed E-state index contributed by atoms with van der Waals surface area (Å²) in [4.78, 5) is 1.47. The smallest absolute Gasteiger partial charge is 0.163 e. The van der Waals surface area contributed by atoms with E-state index in [0.717, 1.165) is 20.9 Å². The SMILES string of the molecule is Cc1ccc2c(c1F)S(C)(C)C1=C2C=CS(C)=C1F. The minimum absolute atomic E-state index is 0.0641. The van der Waals surface area contributed by atoms with E-state index in [0.29, 0.717) is 5.56 Å². The average Bonchev–Trinajstić information content (AvgIpc) is 2.58. The van der Waals surface area contributed by atoms with Gasteiger partial charge in [0, 0.05) is 9.80 Å². The lowest BCUT2D eigenvalue weighted by Gasteiger charge is -2.31. The molecule has 0 nitrogen and oxygen atoms in total. The molecular formula is C15H16F2S2. The summed E-state index contributed by atoms with van der Waals surface area (Å²) in [6.45, 7) is 1.77. The normalized spacial score (nSPS) is 25.4. The van der Waals surface area contributed by atoms with Crippen molar-refractivity contribution in [3.8, 4) is 0 Å². The Balaban J connectivity index is 2.39. The summed E-state index contributed by atoms with van der Waals surface area (Å²) < 4.78 is 29.0. The molecule has 0 aromatic heterocycles. The van der Waals surface area contributed by atoms with Gasteiger partial charge in [0.1, 0.15) is 5.82 Å². The lowest BCUT2D eigenvalue weighted by molar-refractivity contribution is 0.591. The van der Waals surface area contributed by atoms with Gasteiger partial charge in [0.05, 0.1) is 0 Å². The van der Waals surface area contributed by atoms with Crippen molar-refractivity contribution in [2.75, 3.05) is 18.8 Å². The molecule has 102 valence electrons. The first-order valence-corrected chi connectivity index (χ1v) is 10.1. The van der Waals surface area contributed by atoms with Crippen molar-refractivity contribution >= 4 is 31.2 Å². The number of halogens is 2. The second kappa shape index (κ2) is 4.06. The van der Waals surface area contributed by atoms with Gasteiger partial charge in [-0.05, 0) is 53.9 Å². The summed E-state index contributed by atoms with van der Waals surface area (Å²) >= 11 is 0. The molecule has 0 spiro atoms. The van der Waals surface area contributed by atoms with Gasteiger partial charge in [-0.2, -0.15) is 14.4 Å². The van der Waals surface area contributed by atoms with Gasteiger partial charge in [-0.25, -0.2) is 4.39 Å². The van der Waals surface area contributed by atoms with E-state index in [1.165, 1.54) is 0 Å². The van der Waals surface area contributed by atoms with Gasteiger partial charge in [-0.1, -0.05) is 12.1 Å². The highest BCUT2D eigenvalue weighted by atomic mass is 32.3. The predicted molar refractivity (Wildman–Crippen MR) is 84.5 cm³/mol. The molecule has 0 saturated heterocycles. The Morgan fingerprint density at radius 1 is 1.16 bits per heavy atom. The third-order valence-corrected chi connectivity index (χ3v) is 8.03. The molecule has 2 aliphatic rings. The van der Waals surface area contributed by atoms with Crippen LogP contribution in [0.25, 0.3) is 5.57 Å². The molecule has 3 rings (SSSR count). The van der Waals surface area contributed by atoms with E-state index in [4.69, 9.17) is 0 Å². The van der Waals surface area contributed by atoms with Crippen LogP contribution >= 0.6 is 20.5 Å². The topological polar surface area (TPSA) is 0 Å². The Morgan fingerprint density at radius 3 is 2.53 bits per heavy atom. The standard InChI is InChI=1S/C15H16F2S2/c1-9-5-6-10-11-7-8-18(2)15(17)14(11)19(3,4)13(10)12(9)16/h5-8H,1-4H3. The van der Waals surface area contributed by atoms with E-state index in [9.17, 15) is 8.78 Å². The zero-order valence-corrected chi connectivity index (χ0v) is 13.0. The molecule has 1 aromatic carbocycles. The van der Waals surface area contributed by atoms with Crippen molar-refractivity contribution in [1.29, 1.82) is 0 Å². The van der Waals surface area contributed by atoms with Crippen LogP contribution in [0.2, 0.25) is 0 Å². The highest BCUT2D eigenvalue weighted by Crippen LogP contribution is 2.68. The Bertz CT molecular complexity index is 694. The van der Waals surface area contributed by atoms with E-state index < -0.39 is 20.5 Å². The number of fused-ring (bicyclic) bond motifs is 2. The van der Waals surface area contributed by atoms with Gasteiger partial charge < -0.3 is 0 Å². The van der Waals surface area contributed by atoms with Gasteiger partial charge in [-0.15, -0.1) is 10.5 Å². The minimum Gasteiger partial charge on any atom is -0.205 e. The van der Waals surface area contributed by atoms with Crippen LogP contribution in [0.15, 0.2) is 33.4 Å². The van der Waals surface area contributed by atoms with Crippen LogP contribution in [-0.4, -0.2) is 23.9 Å². The third kappa shape index (κ3) is 1.62. The molecule has 1 atom stereocenters. The van der Waals surface area contributed by atoms with Crippen molar-refractivity contribution in [2.45, 2.75) is 11.8 Å². The number of hydrogen-bond acceptors (Lipinski definition) is 0.